The third-order valence-corrected chi connectivity index (χ3v) is 4.65. The number of nitrogens with zero attached hydrogens (tertiary/aromatic N) is 2. The van der Waals surface area contributed by atoms with Gasteiger partial charge in [-0.15, -0.1) is 0 Å². The molecule has 0 atom stereocenters. The van der Waals surface area contributed by atoms with Crippen LogP contribution in [0.25, 0.3) is 0 Å². The number of hydrogen-bond donors (Lipinski definition) is 1. The van der Waals surface area contributed by atoms with Crippen LogP contribution in [0.5, 0.6) is 0 Å². The second-order valence-electron chi connectivity index (χ2n) is 6.48. The molecule has 1 saturated carbocycles. The summed E-state index contributed by atoms with van der Waals surface area (Å²) in [6, 6.07) is 0. The third kappa shape index (κ3) is 1.80. The van der Waals surface area contributed by atoms with Gasteiger partial charge in [-0.05, 0) is 19.8 Å². The fourth-order valence-electron chi connectivity index (χ4n) is 3.68. The number of fused-ring (bicyclic) bond motifs is 1. The summed E-state index contributed by atoms with van der Waals surface area (Å²) in [5.74, 6) is 1.83. The van der Waals surface area contributed by atoms with Gasteiger partial charge < -0.3 is 9.88 Å². The number of nitrogens with one attached hydrogen (secondary N) is 1. The standard InChI is InChI=1S/C15H25N3/c1-11(2)14-17-12-10-16-9-6-13(12)18(14)15(3)7-4-5-8-15/h11,16H,4-10H2,1-3H3. The Bertz CT molecular complexity index is 439. The lowest BCUT2D eigenvalue weighted by atomic mass is 9.97. The molecule has 0 unspecified atom stereocenters. The topological polar surface area (TPSA) is 29.9 Å². The first-order chi connectivity index (χ1) is 8.62. The highest BCUT2D eigenvalue weighted by Crippen LogP contribution is 2.40. The average Bonchev–Trinajstić information content (AvgIpc) is 2.93. The molecule has 1 aromatic rings. The van der Waals surface area contributed by atoms with Crippen molar-refractivity contribution in [2.75, 3.05) is 6.54 Å². The highest BCUT2D eigenvalue weighted by molar-refractivity contribution is 5.24. The van der Waals surface area contributed by atoms with E-state index >= 15 is 0 Å². The largest absolute Gasteiger partial charge is 0.326 e. The van der Waals surface area contributed by atoms with Crippen molar-refractivity contribution in [2.45, 2.75) is 70.9 Å². The fourth-order valence-corrected chi connectivity index (χ4v) is 3.68. The van der Waals surface area contributed by atoms with Crippen LogP contribution in [0.3, 0.4) is 0 Å². The zero-order chi connectivity index (χ0) is 12.8. The smallest absolute Gasteiger partial charge is 0.112 e. The molecule has 1 fully saturated rings. The molecule has 1 aliphatic heterocycles. The van der Waals surface area contributed by atoms with E-state index in [4.69, 9.17) is 4.98 Å². The van der Waals surface area contributed by atoms with E-state index in [0.717, 1.165) is 19.5 Å². The van der Waals surface area contributed by atoms with Gasteiger partial charge in [0, 0.05) is 36.7 Å². The van der Waals surface area contributed by atoms with Crippen LogP contribution in [0, 0.1) is 0 Å². The Balaban J connectivity index is 2.12. The maximum atomic E-state index is 4.94. The van der Waals surface area contributed by atoms with Gasteiger partial charge in [-0.3, -0.25) is 0 Å². The van der Waals surface area contributed by atoms with Gasteiger partial charge in [0.15, 0.2) is 0 Å². The molecule has 0 spiro atoms. The zero-order valence-electron chi connectivity index (χ0n) is 11.9. The molecular formula is C15H25N3. The van der Waals surface area contributed by atoms with Crippen LogP contribution >= 0.6 is 0 Å². The summed E-state index contributed by atoms with van der Waals surface area (Å²) >= 11 is 0. The first kappa shape index (κ1) is 12.2. The second-order valence-corrected chi connectivity index (χ2v) is 6.48. The van der Waals surface area contributed by atoms with Crippen molar-refractivity contribution < 1.29 is 0 Å². The molecular weight excluding hydrogens is 222 g/mol. The van der Waals surface area contributed by atoms with Crippen LogP contribution < -0.4 is 5.32 Å². The van der Waals surface area contributed by atoms with Gasteiger partial charge in [-0.2, -0.15) is 0 Å². The van der Waals surface area contributed by atoms with E-state index in [0.29, 0.717) is 11.5 Å². The van der Waals surface area contributed by atoms with Crippen molar-refractivity contribution in [1.82, 2.24) is 14.9 Å². The lowest BCUT2D eigenvalue weighted by Gasteiger charge is -2.32. The van der Waals surface area contributed by atoms with E-state index in [1.165, 1.54) is 42.9 Å². The number of rotatable bonds is 2. The highest BCUT2D eigenvalue weighted by atomic mass is 15.2. The van der Waals surface area contributed by atoms with E-state index in [2.05, 4.69) is 30.7 Å². The SMILES string of the molecule is CC(C)c1nc2c(n1C1(C)CCCC1)CCNC2. The van der Waals surface area contributed by atoms with Crippen molar-refractivity contribution in [3.63, 3.8) is 0 Å². The Kier molecular flexibility index (Phi) is 2.97. The van der Waals surface area contributed by atoms with E-state index in [1.54, 1.807) is 0 Å². The van der Waals surface area contributed by atoms with Crippen molar-refractivity contribution in [2.24, 2.45) is 0 Å². The Hall–Kier alpha value is -0.830. The molecule has 0 aromatic carbocycles. The molecule has 0 bridgehead atoms. The van der Waals surface area contributed by atoms with Crippen molar-refractivity contribution in [1.29, 1.82) is 0 Å². The molecule has 1 N–H and O–H groups in total. The highest BCUT2D eigenvalue weighted by Gasteiger charge is 2.36. The lowest BCUT2D eigenvalue weighted by molar-refractivity contribution is 0.303. The molecule has 1 aromatic heterocycles. The normalized spacial score (nSPS) is 22.4. The molecule has 3 rings (SSSR count). The minimum absolute atomic E-state index is 0.331. The van der Waals surface area contributed by atoms with E-state index < -0.39 is 0 Å². The fraction of sp³-hybridized carbons (Fsp3) is 0.800. The number of imidazole rings is 1. The number of hydrogen-bond acceptors (Lipinski definition) is 2. The summed E-state index contributed by atoms with van der Waals surface area (Å²) < 4.78 is 2.63. The van der Waals surface area contributed by atoms with Crippen molar-refractivity contribution >= 4 is 0 Å². The van der Waals surface area contributed by atoms with Crippen molar-refractivity contribution in [3.05, 3.63) is 17.2 Å². The van der Waals surface area contributed by atoms with Crippen molar-refractivity contribution in [3.8, 4) is 0 Å². The molecule has 2 aliphatic rings. The summed E-state index contributed by atoms with van der Waals surface area (Å²) in [5.41, 5.74) is 3.15. The zero-order valence-corrected chi connectivity index (χ0v) is 11.9. The molecule has 0 saturated heterocycles. The van der Waals surface area contributed by atoms with Crippen LogP contribution in [0.1, 0.15) is 69.6 Å². The van der Waals surface area contributed by atoms with Gasteiger partial charge in [0.2, 0.25) is 0 Å². The quantitative estimate of drug-likeness (QED) is 0.871. The summed E-state index contributed by atoms with van der Waals surface area (Å²) in [5, 5.41) is 3.45. The van der Waals surface area contributed by atoms with Crippen LogP contribution in [-0.4, -0.2) is 16.1 Å². The van der Waals surface area contributed by atoms with Crippen LogP contribution in [0.4, 0.5) is 0 Å². The van der Waals surface area contributed by atoms with Crippen LogP contribution in [0.2, 0.25) is 0 Å². The molecule has 1 aliphatic carbocycles. The summed E-state index contributed by atoms with van der Waals surface area (Å²) in [6.07, 6.45) is 6.54. The molecule has 3 heteroatoms. The van der Waals surface area contributed by atoms with Gasteiger partial charge >= 0.3 is 0 Å². The molecule has 0 radical (unpaired) electrons. The predicted molar refractivity (Wildman–Crippen MR) is 73.8 cm³/mol. The second kappa shape index (κ2) is 4.37. The Morgan fingerprint density at radius 2 is 2.00 bits per heavy atom. The van der Waals surface area contributed by atoms with E-state index in [-0.39, 0.29) is 0 Å². The van der Waals surface area contributed by atoms with E-state index in [9.17, 15) is 0 Å². The summed E-state index contributed by atoms with van der Waals surface area (Å²) in [7, 11) is 0. The van der Waals surface area contributed by atoms with Gasteiger partial charge in [0.05, 0.1) is 5.69 Å². The van der Waals surface area contributed by atoms with Crippen LogP contribution in [0.15, 0.2) is 0 Å². The lowest BCUT2D eigenvalue weighted by Crippen LogP contribution is -2.33. The predicted octanol–water partition coefficient (Wildman–Crippen LogP) is 2.94. The average molecular weight is 247 g/mol. The Morgan fingerprint density at radius 3 is 2.67 bits per heavy atom. The first-order valence-electron chi connectivity index (χ1n) is 7.43. The molecule has 18 heavy (non-hydrogen) atoms. The van der Waals surface area contributed by atoms with Gasteiger partial charge in [0.1, 0.15) is 5.82 Å². The summed E-state index contributed by atoms with van der Waals surface area (Å²) in [6.45, 7) is 9.05. The summed E-state index contributed by atoms with van der Waals surface area (Å²) in [4.78, 5) is 4.94. The van der Waals surface area contributed by atoms with Gasteiger partial charge in [-0.1, -0.05) is 26.7 Å². The Morgan fingerprint density at radius 1 is 1.28 bits per heavy atom. The monoisotopic (exact) mass is 247 g/mol. The minimum atomic E-state index is 0.331. The van der Waals surface area contributed by atoms with Gasteiger partial charge in [0.25, 0.3) is 0 Å². The molecule has 0 amide bonds. The molecule has 100 valence electrons. The Labute approximate surface area is 110 Å². The number of aromatic nitrogens is 2. The molecule has 3 nitrogen and oxygen atoms in total. The maximum absolute atomic E-state index is 4.94. The minimum Gasteiger partial charge on any atom is -0.326 e. The maximum Gasteiger partial charge on any atom is 0.112 e. The van der Waals surface area contributed by atoms with E-state index in [1.807, 2.05) is 0 Å². The first-order valence-corrected chi connectivity index (χ1v) is 7.43. The molecule has 2 heterocycles. The third-order valence-electron chi connectivity index (χ3n) is 4.65. The van der Waals surface area contributed by atoms with Gasteiger partial charge in [-0.25, -0.2) is 4.98 Å². The van der Waals surface area contributed by atoms with Crippen LogP contribution in [-0.2, 0) is 18.5 Å².